The molecular formula is C17H28N4O5S. The first-order valence-electron chi connectivity index (χ1n) is 9.04. The number of sulfonamides is 1. The summed E-state index contributed by atoms with van der Waals surface area (Å²) in [6.45, 7) is 2.65. The fourth-order valence-corrected chi connectivity index (χ4v) is 3.44. The quantitative estimate of drug-likeness (QED) is 0.294. The molecule has 2 N–H and O–H groups in total. The van der Waals surface area contributed by atoms with Crippen LogP contribution in [0.15, 0.2) is 23.1 Å². The van der Waals surface area contributed by atoms with Gasteiger partial charge in [-0.15, -0.1) is 0 Å². The number of likely N-dealkylation sites (N-methyl/N-ethyl adjacent to an activating group) is 1. The van der Waals surface area contributed by atoms with Gasteiger partial charge in [0.1, 0.15) is 5.69 Å². The van der Waals surface area contributed by atoms with E-state index in [2.05, 4.69) is 10.0 Å². The molecule has 0 aliphatic heterocycles. The fourth-order valence-electron chi connectivity index (χ4n) is 2.40. The number of nitro benzene ring substituents is 1. The molecule has 0 aromatic heterocycles. The van der Waals surface area contributed by atoms with Gasteiger partial charge in [0.25, 0.3) is 5.69 Å². The SMILES string of the molecule is CN(C)CCNS(=O)(=O)c1ccc(NCCCOCC2CC2)c([N+](=O)[O-])c1. The molecule has 1 saturated carbocycles. The van der Waals surface area contributed by atoms with Crippen molar-refractivity contribution in [2.45, 2.75) is 24.2 Å². The van der Waals surface area contributed by atoms with Gasteiger partial charge in [-0.05, 0) is 51.4 Å². The molecule has 1 aromatic carbocycles. The zero-order valence-corrected chi connectivity index (χ0v) is 16.6. The van der Waals surface area contributed by atoms with Crippen LogP contribution in [0.25, 0.3) is 0 Å². The molecule has 0 radical (unpaired) electrons. The normalized spacial score (nSPS) is 14.5. The molecule has 152 valence electrons. The molecule has 10 heteroatoms. The summed E-state index contributed by atoms with van der Waals surface area (Å²) in [6.07, 6.45) is 3.20. The van der Waals surface area contributed by atoms with Crippen molar-refractivity contribution in [1.82, 2.24) is 9.62 Å². The number of rotatable bonds is 13. The fraction of sp³-hybridized carbons (Fsp3) is 0.647. The summed E-state index contributed by atoms with van der Waals surface area (Å²) in [4.78, 5) is 12.5. The van der Waals surface area contributed by atoms with Gasteiger partial charge in [0, 0.05) is 38.9 Å². The largest absolute Gasteiger partial charge is 0.381 e. The standard InChI is InChI=1S/C17H28N4O5S/c1-20(2)10-9-19-27(24,25)15-6-7-16(17(12-15)21(22)23)18-8-3-11-26-13-14-4-5-14/h6-7,12,14,18-19H,3-5,8-11,13H2,1-2H3. The summed E-state index contributed by atoms with van der Waals surface area (Å²) in [7, 11) is -0.132. The Hall–Kier alpha value is -1.75. The van der Waals surface area contributed by atoms with Crippen LogP contribution in [0.1, 0.15) is 19.3 Å². The van der Waals surface area contributed by atoms with Crippen molar-refractivity contribution < 1.29 is 18.1 Å². The Balaban J connectivity index is 1.92. The van der Waals surface area contributed by atoms with Crippen LogP contribution in [0.4, 0.5) is 11.4 Å². The molecular weight excluding hydrogens is 372 g/mol. The molecule has 0 heterocycles. The first-order valence-corrected chi connectivity index (χ1v) is 10.5. The van der Waals surface area contributed by atoms with E-state index in [-0.39, 0.29) is 17.1 Å². The van der Waals surface area contributed by atoms with Gasteiger partial charge in [0.15, 0.2) is 0 Å². The third-order valence-electron chi connectivity index (χ3n) is 4.16. The van der Waals surface area contributed by atoms with Gasteiger partial charge >= 0.3 is 0 Å². The zero-order valence-electron chi connectivity index (χ0n) is 15.8. The minimum Gasteiger partial charge on any atom is -0.381 e. The van der Waals surface area contributed by atoms with Crippen LogP contribution >= 0.6 is 0 Å². The van der Waals surface area contributed by atoms with Gasteiger partial charge in [-0.2, -0.15) is 0 Å². The summed E-state index contributed by atoms with van der Waals surface area (Å²) in [5.74, 6) is 0.708. The van der Waals surface area contributed by atoms with E-state index < -0.39 is 14.9 Å². The molecule has 1 fully saturated rings. The van der Waals surface area contributed by atoms with Crippen LogP contribution in [0, 0.1) is 16.0 Å². The minimum absolute atomic E-state index is 0.119. The van der Waals surface area contributed by atoms with Crippen LogP contribution in [0.5, 0.6) is 0 Å². The van der Waals surface area contributed by atoms with Gasteiger partial charge in [0.05, 0.1) is 9.82 Å². The van der Waals surface area contributed by atoms with Crippen LogP contribution in [0.2, 0.25) is 0 Å². The second-order valence-electron chi connectivity index (χ2n) is 6.94. The first kappa shape index (κ1) is 21.5. The van der Waals surface area contributed by atoms with Crippen molar-refractivity contribution in [3.8, 4) is 0 Å². The van der Waals surface area contributed by atoms with Crippen LogP contribution in [-0.2, 0) is 14.8 Å². The highest BCUT2D eigenvalue weighted by Gasteiger charge is 2.22. The third-order valence-corrected chi connectivity index (χ3v) is 5.62. The van der Waals surface area contributed by atoms with E-state index in [1.165, 1.54) is 25.0 Å². The summed E-state index contributed by atoms with van der Waals surface area (Å²) in [5.41, 5.74) is 0.0406. The number of ether oxygens (including phenoxy) is 1. The highest BCUT2D eigenvalue weighted by atomic mass is 32.2. The highest BCUT2D eigenvalue weighted by molar-refractivity contribution is 7.89. The predicted octanol–water partition coefficient (Wildman–Crippen LogP) is 1.66. The molecule has 1 aromatic rings. The van der Waals surface area contributed by atoms with Crippen molar-refractivity contribution >= 4 is 21.4 Å². The van der Waals surface area contributed by atoms with E-state index in [0.717, 1.165) is 19.1 Å². The number of nitro groups is 1. The van der Waals surface area contributed by atoms with Gasteiger partial charge in [-0.25, -0.2) is 13.1 Å². The Bertz CT molecular complexity index is 735. The number of hydrogen-bond donors (Lipinski definition) is 2. The Labute approximate surface area is 160 Å². The van der Waals surface area contributed by atoms with E-state index in [1.807, 2.05) is 19.0 Å². The average molecular weight is 401 g/mol. The molecule has 27 heavy (non-hydrogen) atoms. The lowest BCUT2D eigenvalue weighted by Gasteiger charge is -2.12. The zero-order chi connectivity index (χ0) is 19.9. The number of benzene rings is 1. The van der Waals surface area contributed by atoms with Crippen LogP contribution in [-0.4, -0.2) is 65.2 Å². The molecule has 0 amide bonds. The smallest absolute Gasteiger partial charge is 0.293 e. The maximum atomic E-state index is 12.3. The Morgan fingerprint density at radius 2 is 2.04 bits per heavy atom. The summed E-state index contributed by atoms with van der Waals surface area (Å²) in [5, 5.41) is 14.3. The Kier molecular flexibility index (Phi) is 7.96. The van der Waals surface area contributed by atoms with E-state index in [4.69, 9.17) is 4.74 Å². The number of hydrogen-bond acceptors (Lipinski definition) is 7. The van der Waals surface area contributed by atoms with Crippen molar-refractivity contribution in [3.63, 3.8) is 0 Å². The van der Waals surface area contributed by atoms with Crippen LogP contribution in [0.3, 0.4) is 0 Å². The minimum atomic E-state index is -3.79. The average Bonchev–Trinajstić information content (AvgIpc) is 3.41. The second-order valence-corrected chi connectivity index (χ2v) is 8.70. The lowest BCUT2D eigenvalue weighted by atomic mass is 10.2. The molecule has 0 atom stereocenters. The number of nitrogens with zero attached hydrogens (tertiary/aromatic N) is 2. The predicted molar refractivity (Wildman–Crippen MR) is 103 cm³/mol. The summed E-state index contributed by atoms with van der Waals surface area (Å²) in [6, 6.07) is 3.89. The number of nitrogens with one attached hydrogen (secondary N) is 2. The molecule has 0 spiro atoms. The molecule has 1 aliphatic carbocycles. The molecule has 0 unspecified atom stereocenters. The van der Waals surface area contributed by atoms with E-state index in [9.17, 15) is 18.5 Å². The maximum absolute atomic E-state index is 12.3. The third kappa shape index (κ3) is 7.41. The molecule has 1 aliphatic rings. The topological polar surface area (TPSA) is 114 Å². The molecule has 0 saturated heterocycles. The van der Waals surface area contributed by atoms with E-state index in [0.29, 0.717) is 31.3 Å². The van der Waals surface area contributed by atoms with Crippen molar-refractivity contribution in [2.24, 2.45) is 5.92 Å². The summed E-state index contributed by atoms with van der Waals surface area (Å²) >= 11 is 0. The van der Waals surface area contributed by atoms with Crippen molar-refractivity contribution in [2.75, 3.05) is 52.3 Å². The van der Waals surface area contributed by atoms with E-state index in [1.54, 1.807) is 0 Å². The molecule has 9 nitrogen and oxygen atoms in total. The second kappa shape index (κ2) is 9.98. The monoisotopic (exact) mass is 400 g/mol. The lowest BCUT2D eigenvalue weighted by molar-refractivity contribution is -0.384. The summed E-state index contributed by atoms with van der Waals surface area (Å²) < 4.78 is 32.6. The first-order chi connectivity index (χ1) is 12.8. The molecule has 0 bridgehead atoms. The highest BCUT2D eigenvalue weighted by Crippen LogP contribution is 2.29. The van der Waals surface area contributed by atoms with Crippen LogP contribution < -0.4 is 10.0 Å². The van der Waals surface area contributed by atoms with Crippen molar-refractivity contribution in [3.05, 3.63) is 28.3 Å². The lowest BCUT2D eigenvalue weighted by Crippen LogP contribution is -2.31. The number of anilines is 1. The van der Waals surface area contributed by atoms with Gasteiger partial charge < -0.3 is 15.0 Å². The Morgan fingerprint density at radius 3 is 2.67 bits per heavy atom. The van der Waals surface area contributed by atoms with Crippen molar-refractivity contribution in [1.29, 1.82) is 0 Å². The van der Waals surface area contributed by atoms with Gasteiger partial charge in [-0.3, -0.25) is 10.1 Å². The van der Waals surface area contributed by atoms with E-state index >= 15 is 0 Å². The van der Waals surface area contributed by atoms with Gasteiger partial charge in [-0.1, -0.05) is 0 Å². The van der Waals surface area contributed by atoms with Gasteiger partial charge in [0.2, 0.25) is 10.0 Å². The maximum Gasteiger partial charge on any atom is 0.293 e. The Morgan fingerprint density at radius 1 is 1.30 bits per heavy atom. The molecule has 2 rings (SSSR count).